The van der Waals surface area contributed by atoms with E-state index in [1.807, 2.05) is 43.5 Å². The molecule has 154 valence electrons. The number of nitrogens with zero attached hydrogens (tertiary/aromatic N) is 1. The lowest BCUT2D eigenvalue weighted by molar-refractivity contribution is -0.117. The van der Waals surface area contributed by atoms with Gasteiger partial charge in [-0.25, -0.2) is 0 Å². The molecule has 0 bridgehead atoms. The van der Waals surface area contributed by atoms with Crippen LogP contribution in [-0.2, 0) is 11.2 Å². The minimum Gasteiger partial charge on any atom is -0.493 e. The molecule has 0 radical (unpaired) electrons. The van der Waals surface area contributed by atoms with E-state index in [1.54, 1.807) is 19.2 Å². The van der Waals surface area contributed by atoms with Gasteiger partial charge < -0.3 is 19.8 Å². The first-order chi connectivity index (χ1) is 14.6. The van der Waals surface area contributed by atoms with Gasteiger partial charge in [-0.05, 0) is 64.7 Å². The van der Waals surface area contributed by atoms with E-state index >= 15 is 0 Å². The Hall–Kier alpha value is -3.24. The van der Waals surface area contributed by atoms with Crippen LogP contribution in [0.15, 0.2) is 52.6 Å². The topological polar surface area (TPSA) is 87.1 Å². The number of hydrogen-bond acceptors (Lipinski definition) is 4. The van der Waals surface area contributed by atoms with Crippen molar-refractivity contribution < 1.29 is 14.3 Å². The van der Waals surface area contributed by atoms with E-state index in [9.17, 15) is 10.1 Å². The fraction of sp³-hybridized carbons (Fsp3) is 0.217. The molecule has 0 saturated carbocycles. The van der Waals surface area contributed by atoms with Gasteiger partial charge in [0.25, 0.3) is 5.91 Å². The largest absolute Gasteiger partial charge is 0.493 e. The number of methoxy groups -OCH3 is 1. The van der Waals surface area contributed by atoms with Gasteiger partial charge in [-0.15, -0.1) is 0 Å². The van der Waals surface area contributed by atoms with E-state index in [1.165, 1.54) is 6.08 Å². The molecule has 0 aliphatic heterocycles. The van der Waals surface area contributed by atoms with Crippen molar-refractivity contribution in [1.29, 1.82) is 5.26 Å². The minimum absolute atomic E-state index is 0.0204. The summed E-state index contributed by atoms with van der Waals surface area (Å²) in [6.07, 6.45) is 4.14. The molecule has 2 aromatic carbocycles. The zero-order chi connectivity index (χ0) is 21.5. The number of hydrogen-bond donors (Lipinski definition) is 2. The highest BCUT2D eigenvalue weighted by molar-refractivity contribution is 9.10. The number of carbonyl (C=O) groups excluding carboxylic acids is 1. The fourth-order valence-corrected chi connectivity index (χ4v) is 3.74. The number of amides is 1. The Balaban J connectivity index is 1.70. The van der Waals surface area contributed by atoms with Crippen molar-refractivity contribution in [3.05, 3.63) is 63.8 Å². The number of benzene rings is 2. The lowest BCUT2D eigenvalue weighted by Crippen LogP contribution is -2.26. The predicted molar refractivity (Wildman–Crippen MR) is 120 cm³/mol. The molecule has 3 rings (SSSR count). The molecule has 2 N–H and O–H groups in total. The highest BCUT2D eigenvalue weighted by atomic mass is 79.9. The van der Waals surface area contributed by atoms with Crippen LogP contribution in [0.2, 0.25) is 0 Å². The lowest BCUT2D eigenvalue weighted by atomic mass is 10.1. The summed E-state index contributed by atoms with van der Waals surface area (Å²) in [6.45, 7) is 2.80. The van der Waals surface area contributed by atoms with E-state index in [2.05, 4.69) is 26.2 Å². The molecule has 1 aromatic heterocycles. The monoisotopic (exact) mass is 467 g/mol. The number of aromatic nitrogens is 1. The van der Waals surface area contributed by atoms with E-state index in [0.717, 1.165) is 16.5 Å². The van der Waals surface area contributed by atoms with Gasteiger partial charge >= 0.3 is 0 Å². The first-order valence-corrected chi connectivity index (χ1v) is 10.3. The molecular formula is C23H22BrN3O3. The highest BCUT2D eigenvalue weighted by Crippen LogP contribution is 2.37. The zero-order valence-corrected chi connectivity index (χ0v) is 18.4. The van der Waals surface area contributed by atoms with Crippen molar-refractivity contribution in [2.45, 2.75) is 13.3 Å². The molecule has 3 aromatic rings. The summed E-state index contributed by atoms with van der Waals surface area (Å²) in [5.41, 5.74) is 2.86. The third-order valence-corrected chi connectivity index (χ3v) is 5.16. The van der Waals surface area contributed by atoms with Gasteiger partial charge in [-0.2, -0.15) is 5.26 Å². The van der Waals surface area contributed by atoms with Crippen LogP contribution in [0.3, 0.4) is 0 Å². The average molecular weight is 468 g/mol. The number of carbonyl (C=O) groups is 1. The molecule has 0 aliphatic rings. The molecule has 0 saturated heterocycles. The Labute approximate surface area is 183 Å². The average Bonchev–Trinajstić information content (AvgIpc) is 3.16. The zero-order valence-electron chi connectivity index (χ0n) is 16.8. The number of nitriles is 1. The van der Waals surface area contributed by atoms with Crippen LogP contribution in [0, 0.1) is 11.3 Å². The number of fused-ring (bicyclic) bond motifs is 1. The van der Waals surface area contributed by atoms with Crippen LogP contribution in [0.25, 0.3) is 17.0 Å². The SMILES string of the molecule is CCOc1c(Br)cc(/C=C(/C#N)C(=O)NCCc2c[nH]c3ccccc23)cc1OC. The number of ether oxygens (including phenoxy) is 2. The molecule has 1 heterocycles. The van der Waals surface area contributed by atoms with Gasteiger partial charge in [0.1, 0.15) is 11.6 Å². The molecule has 1 amide bonds. The second-order valence-electron chi connectivity index (χ2n) is 6.50. The summed E-state index contributed by atoms with van der Waals surface area (Å²) in [7, 11) is 1.54. The lowest BCUT2D eigenvalue weighted by Gasteiger charge is -2.12. The summed E-state index contributed by atoms with van der Waals surface area (Å²) in [6, 6.07) is 13.5. The number of para-hydroxylation sites is 1. The Morgan fingerprint density at radius 1 is 1.33 bits per heavy atom. The molecule has 30 heavy (non-hydrogen) atoms. The third-order valence-electron chi connectivity index (χ3n) is 4.57. The number of rotatable bonds is 8. The predicted octanol–water partition coefficient (Wildman–Crippen LogP) is 4.60. The second kappa shape index (κ2) is 9.99. The Morgan fingerprint density at radius 2 is 2.13 bits per heavy atom. The van der Waals surface area contributed by atoms with Crippen molar-refractivity contribution in [2.75, 3.05) is 20.3 Å². The third kappa shape index (κ3) is 4.84. The van der Waals surface area contributed by atoms with Crippen LogP contribution in [0.5, 0.6) is 11.5 Å². The van der Waals surface area contributed by atoms with Crippen molar-refractivity contribution in [2.24, 2.45) is 0 Å². The van der Waals surface area contributed by atoms with Crippen molar-refractivity contribution in [3.8, 4) is 17.6 Å². The van der Waals surface area contributed by atoms with Crippen LogP contribution >= 0.6 is 15.9 Å². The van der Waals surface area contributed by atoms with Crippen LogP contribution in [0.1, 0.15) is 18.1 Å². The van der Waals surface area contributed by atoms with Crippen LogP contribution in [0.4, 0.5) is 0 Å². The molecule has 7 heteroatoms. The summed E-state index contributed by atoms with van der Waals surface area (Å²) in [5.74, 6) is 0.690. The van der Waals surface area contributed by atoms with Gasteiger partial charge in [0.15, 0.2) is 11.5 Å². The summed E-state index contributed by atoms with van der Waals surface area (Å²) >= 11 is 3.45. The number of H-pyrrole nitrogens is 1. The van der Waals surface area contributed by atoms with Crippen molar-refractivity contribution in [3.63, 3.8) is 0 Å². The summed E-state index contributed by atoms with van der Waals surface area (Å²) in [5, 5.41) is 13.4. The first-order valence-electron chi connectivity index (χ1n) is 9.52. The maximum Gasteiger partial charge on any atom is 0.261 e. The summed E-state index contributed by atoms with van der Waals surface area (Å²) in [4.78, 5) is 15.7. The van der Waals surface area contributed by atoms with Crippen LogP contribution < -0.4 is 14.8 Å². The normalized spacial score (nSPS) is 11.2. The van der Waals surface area contributed by atoms with Gasteiger partial charge in [-0.1, -0.05) is 18.2 Å². The second-order valence-corrected chi connectivity index (χ2v) is 7.36. The quantitative estimate of drug-likeness (QED) is 0.374. The Bertz CT molecular complexity index is 1130. The first kappa shape index (κ1) is 21.5. The molecule has 0 spiro atoms. The van der Waals surface area contributed by atoms with Gasteiger partial charge in [0, 0.05) is 23.6 Å². The number of aromatic amines is 1. The molecule has 6 nitrogen and oxygen atoms in total. The standard InChI is InChI=1S/C23H22BrN3O3/c1-3-30-22-19(24)11-15(12-21(22)29-2)10-17(13-25)23(28)26-9-8-16-14-27-20-7-5-4-6-18(16)20/h4-7,10-12,14,27H,3,8-9H2,1-2H3,(H,26,28)/b17-10-. The molecule has 0 aliphatic carbocycles. The maximum absolute atomic E-state index is 12.5. The summed E-state index contributed by atoms with van der Waals surface area (Å²) < 4.78 is 11.6. The smallest absolute Gasteiger partial charge is 0.261 e. The van der Waals surface area contributed by atoms with E-state index < -0.39 is 5.91 Å². The number of halogens is 1. The van der Waals surface area contributed by atoms with Gasteiger partial charge in [-0.3, -0.25) is 4.79 Å². The van der Waals surface area contributed by atoms with Gasteiger partial charge in [0.05, 0.1) is 18.2 Å². The van der Waals surface area contributed by atoms with Gasteiger partial charge in [0.2, 0.25) is 0 Å². The Morgan fingerprint density at radius 3 is 2.87 bits per heavy atom. The highest BCUT2D eigenvalue weighted by Gasteiger charge is 2.13. The fourth-order valence-electron chi connectivity index (χ4n) is 3.17. The minimum atomic E-state index is -0.415. The van der Waals surface area contributed by atoms with E-state index in [0.29, 0.717) is 41.1 Å². The molecule has 0 fully saturated rings. The Kier molecular flexibility index (Phi) is 7.15. The molecular weight excluding hydrogens is 446 g/mol. The van der Waals surface area contributed by atoms with E-state index in [-0.39, 0.29) is 5.57 Å². The van der Waals surface area contributed by atoms with Crippen LogP contribution in [-0.4, -0.2) is 31.2 Å². The molecule has 0 atom stereocenters. The maximum atomic E-state index is 12.5. The van der Waals surface area contributed by atoms with Crippen molar-refractivity contribution in [1.82, 2.24) is 10.3 Å². The van der Waals surface area contributed by atoms with E-state index in [4.69, 9.17) is 9.47 Å². The molecule has 0 unspecified atom stereocenters. The number of nitrogens with one attached hydrogen (secondary N) is 2. The van der Waals surface area contributed by atoms with Crippen molar-refractivity contribution >= 4 is 38.8 Å².